The van der Waals surface area contributed by atoms with Gasteiger partial charge in [-0.15, -0.1) is 0 Å². The maximum Gasteiger partial charge on any atom is 0.112 e. The van der Waals surface area contributed by atoms with Crippen molar-refractivity contribution in [2.45, 2.75) is 174 Å². The molecule has 48 heavy (non-hydrogen) atoms. The van der Waals surface area contributed by atoms with Crippen LogP contribution in [0.25, 0.3) is 33.3 Å². The lowest BCUT2D eigenvalue weighted by Gasteiger charge is -2.33. The highest BCUT2D eigenvalue weighted by molar-refractivity contribution is 7.00. The molecule has 0 spiro atoms. The van der Waals surface area contributed by atoms with Crippen LogP contribution in [0.4, 0.5) is 0 Å². The smallest absolute Gasteiger partial charge is 0.112 e. The number of unbranched alkanes of at least 4 members (excludes halogenated alkanes) is 14. The van der Waals surface area contributed by atoms with Gasteiger partial charge in [-0.25, -0.2) is 0 Å². The first-order valence-electron chi connectivity index (χ1n) is 20.0. The lowest BCUT2D eigenvalue weighted by Crippen LogP contribution is -2.26. The standard InChI is InChI=1S/C45H64N2S/c1-7-9-11-13-15-17-19-21-29-45(30-22-20-18-16-14-12-10-8-2)41-31-35(33(3)4)23-25-39(41)40-26-24-36(32-42(40)45)38-28-27-37(34(5)6)43-44(38)47-48-46-43/h23-28,31-34H,7-22,29-30H2,1-6H3. The molecule has 3 aromatic carbocycles. The predicted octanol–water partition coefficient (Wildman–Crippen LogP) is 14.9. The number of hydrogen-bond donors (Lipinski definition) is 0. The molecule has 0 aliphatic heterocycles. The third-order valence-corrected chi connectivity index (χ3v) is 11.9. The molecule has 0 saturated heterocycles. The van der Waals surface area contributed by atoms with Crippen LogP contribution in [-0.4, -0.2) is 8.75 Å². The molecule has 4 aromatic rings. The second kappa shape index (κ2) is 17.9. The van der Waals surface area contributed by atoms with E-state index in [0.717, 1.165) is 11.0 Å². The van der Waals surface area contributed by atoms with E-state index in [-0.39, 0.29) is 5.41 Å². The average molecular weight is 665 g/mol. The third kappa shape index (κ3) is 8.43. The molecular formula is C45H64N2S. The largest absolute Gasteiger partial charge is 0.173 e. The Morgan fingerprint density at radius 3 is 1.58 bits per heavy atom. The van der Waals surface area contributed by atoms with Gasteiger partial charge >= 0.3 is 0 Å². The zero-order valence-corrected chi connectivity index (χ0v) is 32.1. The van der Waals surface area contributed by atoms with Gasteiger partial charge in [0.1, 0.15) is 11.0 Å². The fraction of sp³-hybridized carbons (Fsp3) is 0.600. The first-order valence-corrected chi connectivity index (χ1v) is 20.7. The van der Waals surface area contributed by atoms with Crippen molar-refractivity contribution in [1.29, 1.82) is 0 Å². The number of fused-ring (bicyclic) bond motifs is 4. The molecule has 1 aliphatic carbocycles. The van der Waals surface area contributed by atoms with Crippen molar-refractivity contribution < 1.29 is 0 Å². The molecule has 0 atom stereocenters. The van der Waals surface area contributed by atoms with E-state index in [0.29, 0.717) is 11.8 Å². The number of hydrogen-bond acceptors (Lipinski definition) is 3. The number of nitrogens with zero attached hydrogens (tertiary/aromatic N) is 2. The van der Waals surface area contributed by atoms with Crippen molar-refractivity contribution in [1.82, 2.24) is 8.75 Å². The average Bonchev–Trinajstić information content (AvgIpc) is 3.68. The Labute approximate surface area is 297 Å². The second-order valence-electron chi connectivity index (χ2n) is 15.6. The summed E-state index contributed by atoms with van der Waals surface area (Å²) in [5.74, 6) is 0.962. The molecule has 1 aliphatic rings. The van der Waals surface area contributed by atoms with Crippen LogP contribution in [0.15, 0.2) is 48.5 Å². The summed E-state index contributed by atoms with van der Waals surface area (Å²) in [5, 5.41) is 0. The van der Waals surface area contributed by atoms with Crippen molar-refractivity contribution in [3.8, 4) is 22.3 Å². The van der Waals surface area contributed by atoms with Gasteiger partial charge in [-0.3, -0.25) is 0 Å². The maximum absolute atomic E-state index is 4.86. The highest BCUT2D eigenvalue weighted by atomic mass is 32.1. The van der Waals surface area contributed by atoms with E-state index in [9.17, 15) is 0 Å². The third-order valence-electron chi connectivity index (χ3n) is 11.3. The van der Waals surface area contributed by atoms with Gasteiger partial charge in [0.25, 0.3) is 0 Å². The lowest BCUT2D eigenvalue weighted by molar-refractivity contribution is 0.397. The van der Waals surface area contributed by atoms with Crippen LogP contribution in [0, 0.1) is 0 Å². The summed E-state index contributed by atoms with van der Waals surface area (Å²) >= 11 is 1.36. The summed E-state index contributed by atoms with van der Waals surface area (Å²) in [6.07, 6.45) is 24.4. The summed E-state index contributed by atoms with van der Waals surface area (Å²) in [6.45, 7) is 13.9. The fourth-order valence-electron chi connectivity index (χ4n) is 8.41. The van der Waals surface area contributed by atoms with E-state index in [1.54, 1.807) is 11.1 Å². The van der Waals surface area contributed by atoms with Crippen LogP contribution < -0.4 is 0 Å². The first-order chi connectivity index (χ1) is 23.4. The summed E-state index contributed by atoms with van der Waals surface area (Å²) in [7, 11) is 0. The minimum absolute atomic E-state index is 0.0767. The van der Waals surface area contributed by atoms with Gasteiger partial charge in [-0.05, 0) is 69.7 Å². The topological polar surface area (TPSA) is 25.8 Å². The Kier molecular flexibility index (Phi) is 13.7. The van der Waals surface area contributed by atoms with Gasteiger partial charge in [0.05, 0.1) is 11.7 Å². The van der Waals surface area contributed by atoms with Crippen LogP contribution in [0.2, 0.25) is 0 Å². The zero-order chi connectivity index (χ0) is 33.9. The number of benzene rings is 3. The molecule has 0 N–H and O–H groups in total. The summed E-state index contributed by atoms with van der Waals surface area (Å²) in [5.41, 5.74) is 13.7. The van der Waals surface area contributed by atoms with Gasteiger partial charge in [-0.2, -0.15) is 8.75 Å². The highest BCUT2D eigenvalue weighted by Crippen LogP contribution is 2.55. The molecule has 3 heteroatoms. The molecule has 0 fully saturated rings. The molecule has 2 nitrogen and oxygen atoms in total. The zero-order valence-electron chi connectivity index (χ0n) is 31.3. The van der Waals surface area contributed by atoms with Crippen molar-refractivity contribution >= 4 is 22.8 Å². The molecule has 0 amide bonds. The van der Waals surface area contributed by atoms with Crippen LogP contribution in [0.1, 0.15) is 191 Å². The second-order valence-corrected chi connectivity index (χ2v) is 16.1. The Hall–Kier alpha value is -2.52. The van der Waals surface area contributed by atoms with Crippen LogP contribution >= 0.6 is 11.7 Å². The monoisotopic (exact) mass is 664 g/mol. The number of rotatable bonds is 21. The Balaban J connectivity index is 1.50. The van der Waals surface area contributed by atoms with E-state index < -0.39 is 0 Å². The van der Waals surface area contributed by atoms with Crippen molar-refractivity contribution in [3.05, 3.63) is 70.8 Å². The minimum Gasteiger partial charge on any atom is -0.173 e. The van der Waals surface area contributed by atoms with Gasteiger partial charge < -0.3 is 0 Å². The summed E-state index contributed by atoms with van der Waals surface area (Å²) in [4.78, 5) is 0. The van der Waals surface area contributed by atoms with Crippen LogP contribution in [-0.2, 0) is 5.41 Å². The van der Waals surface area contributed by atoms with Crippen LogP contribution in [0.5, 0.6) is 0 Å². The Bertz CT molecular complexity index is 1560. The maximum atomic E-state index is 4.86. The van der Waals surface area contributed by atoms with Crippen LogP contribution in [0.3, 0.4) is 0 Å². The fourth-order valence-corrected chi connectivity index (χ4v) is 8.99. The van der Waals surface area contributed by atoms with E-state index in [1.807, 2.05) is 0 Å². The van der Waals surface area contributed by atoms with Gasteiger partial charge in [0.15, 0.2) is 0 Å². The van der Waals surface area contributed by atoms with E-state index in [1.165, 1.54) is 161 Å². The SMILES string of the molecule is CCCCCCCCCCC1(CCCCCCCCCC)c2cc(-c3ccc(C(C)C)c4nsnc34)ccc2-c2ccc(C(C)C)cc21. The predicted molar refractivity (Wildman–Crippen MR) is 212 cm³/mol. The Morgan fingerprint density at radius 2 is 1.02 bits per heavy atom. The molecule has 5 rings (SSSR count). The molecule has 0 saturated carbocycles. The normalized spacial score (nSPS) is 13.6. The Morgan fingerprint density at radius 1 is 0.521 bits per heavy atom. The molecule has 0 radical (unpaired) electrons. The van der Waals surface area contributed by atoms with E-state index in [4.69, 9.17) is 8.75 Å². The quantitative estimate of drug-likeness (QED) is 0.0828. The molecule has 0 bridgehead atoms. The molecule has 1 heterocycles. The minimum atomic E-state index is 0.0767. The first kappa shape index (κ1) is 36.8. The molecule has 0 unspecified atom stereocenters. The lowest BCUT2D eigenvalue weighted by atomic mass is 9.69. The summed E-state index contributed by atoms with van der Waals surface area (Å²) in [6, 6.07) is 19.5. The summed E-state index contributed by atoms with van der Waals surface area (Å²) < 4.78 is 9.64. The van der Waals surface area contributed by atoms with E-state index >= 15 is 0 Å². The number of aromatic nitrogens is 2. The van der Waals surface area contributed by atoms with Crippen molar-refractivity contribution in [3.63, 3.8) is 0 Å². The van der Waals surface area contributed by atoms with Gasteiger partial charge in [-0.1, -0.05) is 187 Å². The van der Waals surface area contributed by atoms with Gasteiger partial charge in [0.2, 0.25) is 0 Å². The highest BCUT2D eigenvalue weighted by Gasteiger charge is 2.42. The molecule has 1 aromatic heterocycles. The van der Waals surface area contributed by atoms with E-state index in [2.05, 4.69) is 90.1 Å². The molecular weight excluding hydrogens is 601 g/mol. The van der Waals surface area contributed by atoms with Crippen molar-refractivity contribution in [2.24, 2.45) is 0 Å². The molecule has 260 valence electrons. The van der Waals surface area contributed by atoms with Crippen molar-refractivity contribution in [2.75, 3.05) is 0 Å². The van der Waals surface area contributed by atoms with Gasteiger partial charge in [0, 0.05) is 11.0 Å².